The van der Waals surface area contributed by atoms with Gasteiger partial charge in [0.2, 0.25) is 0 Å². The van der Waals surface area contributed by atoms with E-state index in [4.69, 9.17) is 4.74 Å². The van der Waals surface area contributed by atoms with E-state index in [9.17, 15) is 19.5 Å². The molecule has 0 aliphatic heterocycles. The van der Waals surface area contributed by atoms with Gasteiger partial charge in [0.1, 0.15) is 12.4 Å². The fraction of sp³-hybridized carbons (Fsp3) is 0.706. The Hall–Kier alpha value is -1.49. The van der Waals surface area contributed by atoms with Crippen LogP contribution in [0.1, 0.15) is 47.0 Å². The van der Waals surface area contributed by atoms with Gasteiger partial charge in [-0.3, -0.25) is 14.4 Å². The summed E-state index contributed by atoms with van der Waals surface area (Å²) in [5.74, 6) is -0.677. The van der Waals surface area contributed by atoms with Gasteiger partial charge in [0, 0.05) is 23.8 Å². The van der Waals surface area contributed by atoms with Crippen LogP contribution in [0, 0.1) is 16.7 Å². The van der Waals surface area contributed by atoms with Crippen LogP contribution in [0.3, 0.4) is 0 Å². The molecule has 1 N–H and O–H groups in total. The van der Waals surface area contributed by atoms with Crippen LogP contribution in [0.2, 0.25) is 0 Å². The summed E-state index contributed by atoms with van der Waals surface area (Å²) in [4.78, 5) is 34.6. The number of aliphatic hydroxyl groups is 1. The molecule has 0 radical (unpaired) electrons. The maximum atomic E-state index is 11.7. The van der Waals surface area contributed by atoms with Gasteiger partial charge < -0.3 is 9.84 Å². The molecule has 0 saturated heterocycles. The van der Waals surface area contributed by atoms with Gasteiger partial charge in [-0.25, -0.2) is 0 Å². The van der Waals surface area contributed by atoms with E-state index in [1.54, 1.807) is 0 Å². The third kappa shape index (κ3) is 2.22. The van der Waals surface area contributed by atoms with Crippen molar-refractivity contribution in [1.82, 2.24) is 0 Å². The van der Waals surface area contributed by atoms with E-state index in [-0.39, 0.29) is 16.9 Å². The topological polar surface area (TPSA) is 80.7 Å². The van der Waals surface area contributed by atoms with Gasteiger partial charge in [0.05, 0.1) is 0 Å². The molecule has 2 aliphatic rings. The second kappa shape index (κ2) is 5.30. The standard InChI is InChI=1S/C17H24O5/c1-11(20)22-13-8-12(9-18)17(21,10-19)16(4)7-5-6-15(2,3)14(13)16/h8-10,13-14,21H,5-7H2,1-4H3/t13?,14-,16?,17+/m0/s1. The first-order valence-corrected chi connectivity index (χ1v) is 7.66. The Labute approximate surface area is 130 Å². The van der Waals surface area contributed by atoms with Crippen molar-refractivity contribution < 1.29 is 24.2 Å². The summed E-state index contributed by atoms with van der Waals surface area (Å²) in [6.45, 7) is 7.25. The van der Waals surface area contributed by atoms with E-state index in [0.717, 1.165) is 12.8 Å². The molecule has 0 aromatic rings. The first-order valence-electron chi connectivity index (χ1n) is 7.66. The molecule has 4 atom stereocenters. The molecule has 22 heavy (non-hydrogen) atoms. The van der Waals surface area contributed by atoms with Crippen LogP contribution in [-0.2, 0) is 19.1 Å². The lowest BCUT2D eigenvalue weighted by atomic mass is 9.46. The number of aldehydes is 2. The van der Waals surface area contributed by atoms with Gasteiger partial charge in [0.15, 0.2) is 11.9 Å². The number of carbonyl (C=O) groups is 3. The second-order valence-corrected chi connectivity index (χ2v) is 7.44. The fourth-order valence-electron chi connectivity index (χ4n) is 4.67. The SMILES string of the molecule is CC(=O)OC1C=C(C=O)[C@](O)(C=O)C2(C)CCCC(C)(C)[C@H]12. The van der Waals surface area contributed by atoms with E-state index in [1.165, 1.54) is 13.0 Å². The molecule has 0 heterocycles. The zero-order chi connectivity index (χ0) is 16.8. The fourth-order valence-corrected chi connectivity index (χ4v) is 4.67. The summed E-state index contributed by atoms with van der Waals surface area (Å²) < 4.78 is 5.43. The molecule has 122 valence electrons. The normalized spacial score (nSPS) is 40.1. The summed E-state index contributed by atoms with van der Waals surface area (Å²) in [6.07, 6.45) is 4.14. The smallest absolute Gasteiger partial charge is 0.303 e. The van der Waals surface area contributed by atoms with Crippen LogP contribution in [-0.4, -0.2) is 35.4 Å². The first-order chi connectivity index (χ1) is 10.1. The quantitative estimate of drug-likeness (QED) is 0.635. The number of hydrogen-bond donors (Lipinski definition) is 1. The van der Waals surface area contributed by atoms with Crippen LogP contribution in [0.5, 0.6) is 0 Å². The van der Waals surface area contributed by atoms with Crippen LogP contribution >= 0.6 is 0 Å². The highest BCUT2D eigenvalue weighted by molar-refractivity contribution is 5.88. The number of hydrogen-bond acceptors (Lipinski definition) is 5. The molecule has 1 fully saturated rings. The van der Waals surface area contributed by atoms with Gasteiger partial charge in [-0.1, -0.05) is 27.2 Å². The molecule has 5 heteroatoms. The van der Waals surface area contributed by atoms with E-state index in [0.29, 0.717) is 19.0 Å². The van der Waals surface area contributed by atoms with Crippen LogP contribution in [0.15, 0.2) is 11.6 Å². The third-order valence-corrected chi connectivity index (χ3v) is 5.63. The lowest BCUT2D eigenvalue weighted by Crippen LogP contribution is -2.64. The molecule has 0 aromatic heterocycles. The number of esters is 1. The van der Waals surface area contributed by atoms with Crippen molar-refractivity contribution in [2.45, 2.75) is 58.7 Å². The average molecular weight is 308 g/mol. The highest BCUT2D eigenvalue weighted by atomic mass is 16.5. The molecule has 0 bridgehead atoms. The van der Waals surface area contributed by atoms with Gasteiger partial charge in [0.25, 0.3) is 0 Å². The summed E-state index contributed by atoms with van der Waals surface area (Å²) in [5.41, 5.74) is -2.92. The lowest BCUT2D eigenvalue weighted by molar-refractivity contribution is -0.186. The number of ether oxygens (including phenoxy) is 1. The van der Waals surface area contributed by atoms with Crippen LogP contribution in [0.25, 0.3) is 0 Å². The minimum absolute atomic E-state index is 0.00907. The predicted molar refractivity (Wildman–Crippen MR) is 79.9 cm³/mol. The maximum absolute atomic E-state index is 11.7. The Balaban J connectivity index is 2.67. The van der Waals surface area contributed by atoms with E-state index in [2.05, 4.69) is 13.8 Å². The maximum Gasteiger partial charge on any atom is 0.303 e. The molecule has 5 nitrogen and oxygen atoms in total. The summed E-state index contributed by atoms with van der Waals surface area (Å²) in [5, 5.41) is 11.0. The summed E-state index contributed by atoms with van der Waals surface area (Å²) in [7, 11) is 0. The van der Waals surface area contributed by atoms with Crippen molar-refractivity contribution in [1.29, 1.82) is 0 Å². The van der Waals surface area contributed by atoms with Crippen molar-refractivity contribution in [2.75, 3.05) is 0 Å². The summed E-state index contributed by atoms with van der Waals surface area (Å²) >= 11 is 0. The number of fused-ring (bicyclic) bond motifs is 1. The van der Waals surface area contributed by atoms with Gasteiger partial charge in [-0.15, -0.1) is 0 Å². The number of rotatable bonds is 3. The van der Waals surface area contributed by atoms with E-state index in [1.807, 2.05) is 6.92 Å². The van der Waals surface area contributed by atoms with Gasteiger partial charge in [-0.2, -0.15) is 0 Å². The van der Waals surface area contributed by atoms with Crippen molar-refractivity contribution in [2.24, 2.45) is 16.7 Å². The molecule has 2 rings (SSSR count). The summed E-state index contributed by atoms with van der Waals surface area (Å²) in [6, 6.07) is 0. The molecule has 0 amide bonds. The highest BCUT2D eigenvalue weighted by Gasteiger charge is 2.64. The minimum atomic E-state index is -1.84. The average Bonchev–Trinajstić information content (AvgIpc) is 2.40. The molecule has 1 saturated carbocycles. The molecular formula is C17H24O5. The molecule has 2 aliphatic carbocycles. The van der Waals surface area contributed by atoms with Crippen molar-refractivity contribution in [3.05, 3.63) is 11.6 Å². The zero-order valence-electron chi connectivity index (χ0n) is 13.6. The van der Waals surface area contributed by atoms with E-state index < -0.39 is 23.1 Å². The number of carbonyl (C=O) groups excluding carboxylic acids is 3. The molecule has 2 unspecified atom stereocenters. The lowest BCUT2D eigenvalue weighted by Gasteiger charge is -2.59. The molecule has 0 spiro atoms. The van der Waals surface area contributed by atoms with Crippen LogP contribution in [0.4, 0.5) is 0 Å². The Morgan fingerprint density at radius 2 is 1.95 bits per heavy atom. The zero-order valence-corrected chi connectivity index (χ0v) is 13.6. The molecule has 0 aromatic carbocycles. The monoisotopic (exact) mass is 308 g/mol. The Morgan fingerprint density at radius 1 is 1.32 bits per heavy atom. The third-order valence-electron chi connectivity index (χ3n) is 5.63. The molecular weight excluding hydrogens is 284 g/mol. The largest absolute Gasteiger partial charge is 0.458 e. The van der Waals surface area contributed by atoms with Crippen molar-refractivity contribution in [3.63, 3.8) is 0 Å². The predicted octanol–water partition coefficient (Wildman–Crippen LogP) is 1.82. The van der Waals surface area contributed by atoms with Crippen molar-refractivity contribution in [3.8, 4) is 0 Å². The Kier molecular flexibility index (Phi) is 4.07. The minimum Gasteiger partial charge on any atom is -0.458 e. The van der Waals surface area contributed by atoms with Crippen molar-refractivity contribution >= 4 is 18.5 Å². The van der Waals surface area contributed by atoms with E-state index >= 15 is 0 Å². The van der Waals surface area contributed by atoms with Gasteiger partial charge >= 0.3 is 5.97 Å². The van der Waals surface area contributed by atoms with Crippen LogP contribution < -0.4 is 0 Å². The first kappa shape index (κ1) is 16.9. The van der Waals surface area contributed by atoms with Gasteiger partial charge in [-0.05, 0) is 24.3 Å². The highest BCUT2D eigenvalue weighted by Crippen LogP contribution is 2.60. The Morgan fingerprint density at radius 3 is 2.45 bits per heavy atom. The second-order valence-electron chi connectivity index (χ2n) is 7.44. The Bertz CT molecular complexity index is 535.